The summed E-state index contributed by atoms with van der Waals surface area (Å²) in [7, 11) is 0. The third kappa shape index (κ3) is 3.19. The number of hydrogen-bond donors (Lipinski definition) is 1. The second-order valence-corrected chi connectivity index (χ2v) is 6.15. The van der Waals surface area contributed by atoms with Gasteiger partial charge < -0.3 is 5.11 Å². The van der Waals surface area contributed by atoms with Crippen LogP contribution in [0.1, 0.15) is 48.5 Å². The standard InChI is InChI=1S/C14H19ClN2OS/c1-4-10(3)17-6-5-11(16-17)7-12(18)14-13(15)9(2)8-19-14/h5-6,8,10,12,18H,4,7H2,1-3H3. The predicted octanol–water partition coefficient (Wildman–Crippen LogP) is 4.15. The van der Waals surface area contributed by atoms with Crippen LogP contribution in [0.5, 0.6) is 0 Å². The van der Waals surface area contributed by atoms with E-state index in [4.69, 9.17) is 11.6 Å². The van der Waals surface area contributed by atoms with Crippen molar-refractivity contribution < 1.29 is 5.11 Å². The number of aryl methyl sites for hydroxylation is 1. The summed E-state index contributed by atoms with van der Waals surface area (Å²) in [6, 6.07) is 2.35. The summed E-state index contributed by atoms with van der Waals surface area (Å²) in [6.07, 6.45) is 2.94. The molecule has 0 radical (unpaired) electrons. The van der Waals surface area contributed by atoms with Crippen molar-refractivity contribution in [1.29, 1.82) is 0 Å². The number of aromatic nitrogens is 2. The summed E-state index contributed by atoms with van der Waals surface area (Å²) < 4.78 is 1.95. The van der Waals surface area contributed by atoms with Gasteiger partial charge in [0.2, 0.25) is 0 Å². The Balaban J connectivity index is 2.09. The van der Waals surface area contributed by atoms with Crippen molar-refractivity contribution in [2.24, 2.45) is 0 Å². The van der Waals surface area contributed by atoms with Crippen LogP contribution in [-0.4, -0.2) is 14.9 Å². The number of halogens is 1. The van der Waals surface area contributed by atoms with E-state index >= 15 is 0 Å². The number of nitrogens with zero attached hydrogens (tertiary/aromatic N) is 2. The molecule has 0 saturated heterocycles. The van der Waals surface area contributed by atoms with Gasteiger partial charge in [0.15, 0.2) is 0 Å². The third-order valence-electron chi connectivity index (χ3n) is 3.34. The van der Waals surface area contributed by atoms with Gasteiger partial charge in [-0.05, 0) is 37.3 Å². The molecule has 0 aliphatic carbocycles. The molecule has 104 valence electrons. The Morgan fingerprint density at radius 3 is 2.84 bits per heavy atom. The molecule has 2 unspecified atom stereocenters. The largest absolute Gasteiger partial charge is 0.387 e. The van der Waals surface area contributed by atoms with Crippen LogP contribution < -0.4 is 0 Å². The minimum atomic E-state index is -0.577. The Morgan fingerprint density at radius 2 is 2.26 bits per heavy atom. The maximum Gasteiger partial charge on any atom is 0.0953 e. The molecule has 2 aromatic heterocycles. The first-order valence-electron chi connectivity index (χ1n) is 6.48. The fraction of sp³-hybridized carbons (Fsp3) is 0.500. The van der Waals surface area contributed by atoms with Crippen molar-refractivity contribution >= 4 is 22.9 Å². The topological polar surface area (TPSA) is 38.0 Å². The lowest BCUT2D eigenvalue weighted by Gasteiger charge is -2.09. The van der Waals surface area contributed by atoms with E-state index in [1.165, 1.54) is 11.3 Å². The zero-order chi connectivity index (χ0) is 14.0. The number of aliphatic hydroxyl groups excluding tert-OH is 1. The van der Waals surface area contributed by atoms with Gasteiger partial charge in [0, 0.05) is 18.7 Å². The lowest BCUT2D eigenvalue weighted by Crippen LogP contribution is -2.06. The first-order chi connectivity index (χ1) is 9.02. The first kappa shape index (κ1) is 14.6. The average molecular weight is 299 g/mol. The molecule has 2 atom stereocenters. The van der Waals surface area contributed by atoms with Gasteiger partial charge in [0.25, 0.3) is 0 Å². The summed E-state index contributed by atoms with van der Waals surface area (Å²) in [5.74, 6) is 0. The van der Waals surface area contributed by atoms with Crippen LogP contribution in [0.15, 0.2) is 17.6 Å². The molecule has 19 heavy (non-hydrogen) atoms. The fourth-order valence-corrected chi connectivity index (χ4v) is 3.19. The van der Waals surface area contributed by atoms with E-state index < -0.39 is 6.10 Å². The summed E-state index contributed by atoms with van der Waals surface area (Å²) in [4.78, 5) is 0.831. The van der Waals surface area contributed by atoms with Gasteiger partial charge in [0.05, 0.1) is 21.7 Å². The molecular weight excluding hydrogens is 280 g/mol. The van der Waals surface area contributed by atoms with Crippen LogP contribution in [-0.2, 0) is 6.42 Å². The fourth-order valence-electron chi connectivity index (χ4n) is 1.88. The van der Waals surface area contributed by atoms with Crippen molar-refractivity contribution in [3.05, 3.63) is 38.8 Å². The summed E-state index contributed by atoms with van der Waals surface area (Å²) in [6.45, 7) is 6.22. The first-order valence-corrected chi connectivity index (χ1v) is 7.74. The number of thiophene rings is 1. The van der Waals surface area contributed by atoms with Crippen molar-refractivity contribution in [2.45, 2.75) is 45.8 Å². The van der Waals surface area contributed by atoms with Crippen LogP contribution in [0.3, 0.4) is 0 Å². The molecule has 0 aliphatic rings. The van der Waals surface area contributed by atoms with E-state index in [-0.39, 0.29) is 0 Å². The second kappa shape index (κ2) is 6.07. The Hall–Kier alpha value is -0.840. The Labute approximate surface area is 122 Å². The van der Waals surface area contributed by atoms with Crippen molar-refractivity contribution in [3.63, 3.8) is 0 Å². The van der Waals surface area contributed by atoms with Crippen LogP contribution in [0.2, 0.25) is 5.02 Å². The molecule has 5 heteroatoms. The van der Waals surface area contributed by atoms with Crippen LogP contribution in [0.4, 0.5) is 0 Å². The molecule has 0 spiro atoms. The zero-order valence-corrected chi connectivity index (χ0v) is 13.0. The van der Waals surface area contributed by atoms with E-state index in [0.717, 1.165) is 22.6 Å². The van der Waals surface area contributed by atoms with Crippen molar-refractivity contribution in [3.8, 4) is 0 Å². The molecule has 0 aromatic carbocycles. The van der Waals surface area contributed by atoms with E-state index in [9.17, 15) is 5.11 Å². The maximum atomic E-state index is 10.2. The predicted molar refractivity (Wildman–Crippen MR) is 80.0 cm³/mol. The molecule has 0 aliphatic heterocycles. The van der Waals surface area contributed by atoms with E-state index in [2.05, 4.69) is 18.9 Å². The van der Waals surface area contributed by atoms with Gasteiger partial charge in [0.1, 0.15) is 0 Å². The molecule has 3 nitrogen and oxygen atoms in total. The van der Waals surface area contributed by atoms with Gasteiger partial charge in [-0.1, -0.05) is 18.5 Å². The average Bonchev–Trinajstić information content (AvgIpc) is 2.97. The number of rotatable bonds is 5. The lowest BCUT2D eigenvalue weighted by atomic mass is 10.1. The minimum absolute atomic E-state index is 0.387. The molecule has 2 heterocycles. The van der Waals surface area contributed by atoms with E-state index in [1.54, 1.807) is 0 Å². The molecule has 1 N–H and O–H groups in total. The van der Waals surface area contributed by atoms with Crippen LogP contribution in [0.25, 0.3) is 0 Å². The zero-order valence-electron chi connectivity index (χ0n) is 11.4. The minimum Gasteiger partial charge on any atom is -0.387 e. The van der Waals surface area contributed by atoms with Crippen LogP contribution >= 0.6 is 22.9 Å². The monoisotopic (exact) mass is 298 g/mol. The van der Waals surface area contributed by atoms with Crippen molar-refractivity contribution in [1.82, 2.24) is 9.78 Å². The molecule has 0 saturated carbocycles. The van der Waals surface area contributed by atoms with Gasteiger partial charge in [-0.3, -0.25) is 4.68 Å². The van der Waals surface area contributed by atoms with Gasteiger partial charge in [-0.15, -0.1) is 11.3 Å². The highest BCUT2D eigenvalue weighted by molar-refractivity contribution is 7.10. The number of hydrogen-bond acceptors (Lipinski definition) is 3. The quantitative estimate of drug-likeness (QED) is 0.900. The smallest absolute Gasteiger partial charge is 0.0953 e. The van der Waals surface area contributed by atoms with Crippen LogP contribution in [0, 0.1) is 6.92 Å². The molecule has 2 aromatic rings. The molecule has 0 fully saturated rings. The highest BCUT2D eigenvalue weighted by Gasteiger charge is 2.17. The van der Waals surface area contributed by atoms with Gasteiger partial charge in [-0.25, -0.2) is 0 Å². The Kier molecular flexibility index (Phi) is 4.66. The SMILES string of the molecule is CCC(C)n1ccc(CC(O)c2scc(C)c2Cl)n1. The molecule has 2 rings (SSSR count). The van der Waals surface area contributed by atoms with Gasteiger partial charge in [-0.2, -0.15) is 5.10 Å². The summed E-state index contributed by atoms with van der Waals surface area (Å²) >= 11 is 7.68. The maximum absolute atomic E-state index is 10.2. The normalized spacial score (nSPS) is 14.6. The highest BCUT2D eigenvalue weighted by atomic mass is 35.5. The molecule has 0 bridgehead atoms. The Bertz CT molecular complexity index is 549. The second-order valence-electron chi connectivity index (χ2n) is 4.86. The van der Waals surface area contributed by atoms with Gasteiger partial charge >= 0.3 is 0 Å². The lowest BCUT2D eigenvalue weighted by molar-refractivity contribution is 0.180. The third-order valence-corrected chi connectivity index (χ3v) is 5.15. The van der Waals surface area contributed by atoms with E-state index in [1.807, 2.05) is 29.2 Å². The highest BCUT2D eigenvalue weighted by Crippen LogP contribution is 2.33. The Morgan fingerprint density at radius 1 is 1.53 bits per heavy atom. The van der Waals surface area contributed by atoms with Crippen molar-refractivity contribution in [2.75, 3.05) is 0 Å². The van der Waals surface area contributed by atoms with E-state index in [0.29, 0.717) is 17.5 Å². The summed E-state index contributed by atoms with van der Waals surface area (Å²) in [5.41, 5.74) is 1.92. The molecule has 0 amide bonds. The molecular formula is C14H19ClN2OS. The summed E-state index contributed by atoms with van der Waals surface area (Å²) in [5, 5.41) is 17.4. The number of aliphatic hydroxyl groups is 1.